The average Bonchev–Trinajstić information content (AvgIpc) is 3.36. The van der Waals surface area contributed by atoms with Crippen LogP contribution in [0.25, 0.3) is 11.4 Å². The van der Waals surface area contributed by atoms with Crippen molar-refractivity contribution in [1.29, 1.82) is 0 Å². The van der Waals surface area contributed by atoms with Crippen LogP contribution in [0.1, 0.15) is 44.0 Å². The van der Waals surface area contributed by atoms with E-state index in [4.69, 9.17) is 14.2 Å². The SMILES string of the molecule is COc1ccc(Oc2nc(-c3cncc(C=O)c3)ncc2NC[C@@H]2CCCN2C(=O)OC(C)(C)C)cc1. The Labute approximate surface area is 216 Å². The minimum absolute atomic E-state index is 0.0446. The fraction of sp³-hybridized carbons (Fsp3) is 0.370. The molecule has 1 amide bonds. The highest BCUT2D eigenvalue weighted by Gasteiger charge is 2.32. The molecule has 1 N–H and O–H groups in total. The zero-order valence-corrected chi connectivity index (χ0v) is 21.4. The number of nitrogens with one attached hydrogen (secondary N) is 1. The molecular weight excluding hydrogens is 474 g/mol. The van der Waals surface area contributed by atoms with E-state index >= 15 is 0 Å². The molecule has 0 aliphatic carbocycles. The lowest BCUT2D eigenvalue weighted by atomic mass is 10.2. The summed E-state index contributed by atoms with van der Waals surface area (Å²) >= 11 is 0. The maximum atomic E-state index is 12.7. The molecule has 37 heavy (non-hydrogen) atoms. The van der Waals surface area contributed by atoms with E-state index in [1.165, 1.54) is 6.20 Å². The van der Waals surface area contributed by atoms with Gasteiger partial charge in [0.05, 0.1) is 19.3 Å². The van der Waals surface area contributed by atoms with Crippen LogP contribution in [0.5, 0.6) is 17.4 Å². The van der Waals surface area contributed by atoms with E-state index in [1.807, 2.05) is 20.8 Å². The Kier molecular flexibility index (Phi) is 7.86. The molecule has 1 fully saturated rings. The van der Waals surface area contributed by atoms with E-state index in [2.05, 4.69) is 20.3 Å². The minimum atomic E-state index is -0.559. The van der Waals surface area contributed by atoms with Gasteiger partial charge in [0, 0.05) is 36.6 Å². The first kappa shape index (κ1) is 25.9. The van der Waals surface area contributed by atoms with Gasteiger partial charge in [-0.05, 0) is 63.9 Å². The average molecular weight is 506 g/mol. The summed E-state index contributed by atoms with van der Waals surface area (Å²) in [5.74, 6) is 1.92. The molecule has 10 heteroatoms. The molecule has 10 nitrogen and oxygen atoms in total. The predicted molar refractivity (Wildman–Crippen MR) is 138 cm³/mol. The predicted octanol–water partition coefficient (Wildman–Crippen LogP) is 4.96. The molecule has 4 rings (SSSR count). The number of hydrogen-bond donors (Lipinski definition) is 1. The van der Waals surface area contributed by atoms with Gasteiger partial charge in [0.15, 0.2) is 12.1 Å². The Hall–Kier alpha value is -4.21. The second kappa shape index (κ2) is 11.2. The number of methoxy groups -OCH3 is 1. The van der Waals surface area contributed by atoms with Crippen LogP contribution in [0.2, 0.25) is 0 Å². The van der Waals surface area contributed by atoms with Crippen molar-refractivity contribution in [3.8, 4) is 28.8 Å². The second-order valence-corrected chi connectivity index (χ2v) is 9.67. The maximum absolute atomic E-state index is 12.7. The lowest BCUT2D eigenvalue weighted by Crippen LogP contribution is -2.42. The number of ether oxygens (including phenoxy) is 3. The molecular formula is C27H31N5O5. The van der Waals surface area contributed by atoms with E-state index in [-0.39, 0.29) is 12.1 Å². The smallest absolute Gasteiger partial charge is 0.410 e. The van der Waals surface area contributed by atoms with Crippen LogP contribution in [0, 0.1) is 0 Å². The lowest BCUT2D eigenvalue weighted by Gasteiger charge is -2.29. The lowest BCUT2D eigenvalue weighted by molar-refractivity contribution is 0.0235. The Morgan fingerprint density at radius 2 is 1.92 bits per heavy atom. The van der Waals surface area contributed by atoms with Crippen molar-refractivity contribution in [2.45, 2.75) is 45.3 Å². The summed E-state index contributed by atoms with van der Waals surface area (Å²) < 4.78 is 16.9. The number of likely N-dealkylation sites (tertiary alicyclic amines) is 1. The number of rotatable bonds is 8. The number of aromatic nitrogens is 3. The molecule has 3 aromatic rings. The Bertz CT molecular complexity index is 1240. The number of amides is 1. The van der Waals surface area contributed by atoms with Gasteiger partial charge in [-0.25, -0.2) is 9.78 Å². The maximum Gasteiger partial charge on any atom is 0.410 e. The molecule has 0 unspecified atom stereocenters. The molecule has 1 aliphatic rings. The summed E-state index contributed by atoms with van der Waals surface area (Å²) in [6.45, 7) is 6.69. The van der Waals surface area contributed by atoms with Gasteiger partial charge in [-0.15, -0.1) is 0 Å². The van der Waals surface area contributed by atoms with E-state index in [0.717, 1.165) is 19.1 Å². The Balaban J connectivity index is 1.57. The molecule has 1 aromatic carbocycles. The largest absolute Gasteiger partial charge is 0.497 e. The van der Waals surface area contributed by atoms with Gasteiger partial charge in [0.1, 0.15) is 22.8 Å². The van der Waals surface area contributed by atoms with Gasteiger partial charge in [0.2, 0.25) is 5.88 Å². The number of carbonyl (C=O) groups is 2. The third kappa shape index (κ3) is 6.72. The highest BCUT2D eigenvalue weighted by molar-refractivity contribution is 5.77. The van der Waals surface area contributed by atoms with Crippen molar-refractivity contribution < 1.29 is 23.8 Å². The van der Waals surface area contributed by atoms with Gasteiger partial charge in [0.25, 0.3) is 0 Å². The molecule has 194 valence electrons. The van der Waals surface area contributed by atoms with Crippen molar-refractivity contribution in [1.82, 2.24) is 19.9 Å². The summed E-state index contributed by atoms with van der Waals surface area (Å²) in [6.07, 6.45) is 6.84. The van der Waals surface area contributed by atoms with Gasteiger partial charge in [-0.3, -0.25) is 9.78 Å². The van der Waals surface area contributed by atoms with Crippen LogP contribution in [-0.2, 0) is 4.74 Å². The minimum Gasteiger partial charge on any atom is -0.497 e. The Morgan fingerprint density at radius 1 is 1.16 bits per heavy atom. The van der Waals surface area contributed by atoms with Crippen LogP contribution in [0.15, 0.2) is 48.9 Å². The van der Waals surface area contributed by atoms with E-state index in [9.17, 15) is 9.59 Å². The first-order chi connectivity index (χ1) is 17.8. The van der Waals surface area contributed by atoms with Crippen LogP contribution in [-0.4, -0.2) is 64.1 Å². The molecule has 0 spiro atoms. The van der Waals surface area contributed by atoms with Crippen molar-refractivity contribution in [2.75, 3.05) is 25.5 Å². The third-order valence-corrected chi connectivity index (χ3v) is 5.71. The van der Waals surface area contributed by atoms with Crippen molar-refractivity contribution in [3.63, 3.8) is 0 Å². The van der Waals surface area contributed by atoms with Gasteiger partial charge >= 0.3 is 6.09 Å². The highest BCUT2D eigenvalue weighted by atomic mass is 16.6. The first-order valence-electron chi connectivity index (χ1n) is 12.1. The fourth-order valence-corrected chi connectivity index (χ4v) is 3.94. The van der Waals surface area contributed by atoms with Crippen molar-refractivity contribution in [2.24, 2.45) is 0 Å². The van der Waals surface area contributed by atoms with E-state index in [1.54, 1.807) is 54.7 Å². The summed E-state index contributed by atoms with van der Waals surface area (Å²) in [5, 5.41) is 3.35. The number of aldehydes is 1. The number of hydrogen-bond acceptors (Lipinski definition) is 9. The van der Waals surface area contributed by atoms with E-state index < -0.39 is 5.60 Å². The molecule has 0 saturated carbocycles. The normalized spacial score (nSPS) is 15.2. The number of nitrogens with zero attached hydrogens (tertiary/aromatic N) is 4. The standard InChI is InChI=1S/C27H31N5O5/c1-27(2,3)37-26(34)32-11-5-6-20(32)15-29-23-16-30-24(19-12-18(17-33)13-28-14-19)31-25(23)36-22-9-7-21(35-4)8-10-22/h7-10,12-14,16-17,20,29H,5-6,11,15H2,1-4H3/t20-/m0/s1. The zero-order chi connectivity index (χ0) is 26.4. The molecule has 2 aromatic heterocycles. The monoisotopic (exact) mass is 505 g/mol. The van der Waals surface area contributed by atoms with Gasteiger partial charge in [-0.1, -0.05) is 0 Å². The van der Waals surface area contributed by atoms with E-state index in [0.29, 0.717) is 53.1 Å². The highest BCUT2D eigenvalue weighted by Crippen LogP contribution is 2.31. The van der Waals surface area contributed by atoms with Crippen LogP contribution in [0.3, 0.4) is 0 Å². The summed E-state index contributed by atoms with van der Waals surface area (Å²) in [5.41, 5.74) is 1.01. The molecule has 3 heterocycles. The molecule has 1 saturated heterocycles. The summed E-state index contributed by atoms with van der Waals surface area (Å²) in [6, 6.07) is 8.76. The van der Waals surface area contributed by atoms with Crippen LogP contribution < -0.4 is 14.8 Å². The van der Waals surface area contributed by atoms with Crippen LogP contribution >= 0.6 is 0 Å². The Morgan fingerprint density at radius 3 is 2.62 bits per heavy atom. The summed E-state index contributed by atoms with van der Waals surface area (Å²) in [7, 11) is 1.60. The zero-order valence-electron chi connectivity index (χ0n) is 21.4. The second-order valence-electron chi connectivity index (χ2n) is 9.67. The number of anilines is 1. The fourth-order valence-electron chi connectivity index (χ4n) is 3.94. The van der Waals surface area contributed by atoms with Gasteiger partial charge < -0.3 is 24.4 Å². The number of pyridine rings is 1. The quantitative estimate of drug-likeness (QED) is 0.424. The number of benzene rings is 1. The van der Waals surface area contributed by atoms with Crippen molar-refractivity contribution in [3.05, 3.63) is 54.5 Å². The molecule has 0 bridgehead atoms. The summed E-state index contributed by atoms with van der Waals surface area (Å²) in [4.78, 5) is 38.8. The first-order valence-corrected chi connectivity index (χ1v) is 12.1. The number of carbonyl (C=O) groups excluding carboxylic acids is 2. The molecule has 0 radical (unpaired) electrons. The topological polar surface area (TPSA) is 116 Å². The van der Waals surface area contributed by atoms with Crippen LogP contribution in [0.4, 0.5) is 10.5 Å². The molecule has 1 atom stereocenters. The molecule has 1 aliphatic heterocycles. The third-order valence-electron chi connectivity index (χ3n) is 5.71. The van der Waals surface area contributed by atoms with Crippen molar-refractivity contribution >= 4 is 18.1 Å². The van der Waals surface area contributed by atoms with Gasteiger partial charge in [-0.2, -0.15) is 4.98 Å².